The minimum Gasteiger partial charge on any atom is -0.443 e. The van der Waals surface area contributed by atoms with Crippen LogP contribution in [0.5, 0.6) is 0 Å². The lowest BCUT2D eigenvalue weighted by Crippen LogP contribution is -2.33. The maximum atomic E-state index is 11.3. The Morgan fingerprint density at radius 3 is 2.64 bits per heavy atom. The monoisotopic (exact) mass is 320 g/mol. The van der Waals surface area contributed by atoms with Crippen LogP contribution in [0.15, 0.2) is 35.0 Å². The number of nitrogens with two attached hydrogens (primary N) is 1. The van der Waals surface area contributed by atoms with Crippen LogP contribution in [-0.2, 0) is 11.2 Å². The van der Waals surface area contributed by atoms with Crippen molar-refractivity contribution < 1.29 is 14.5 Å². The van der Waals surface area contributed by atoms with Crippen LogP contribution in [-0.4, -0.2) is 16.6 Å². The lowest BCUT2D eigenvalue weighted by atomic mass is 9.95. The molecule has 2 aromatic rings. The number of nitro groups is 1. The zero-order valence-electron chi connectivity index (χ0n) is 12.2. The first-order valence-corrected chi connectivity index (χ1v) is 7.51. The van der Waals surface area contributed by atoms with Crippen LogP contribution in [0, 0.1) is 10.1 Å². The molecule has 0 saturated carbocycles. The number of hydrogen-bond donors (Lipinski definition) is 1. The molecule has 0 aliphatic carbocycles. The standard InChI is InChI=1S/C15H16N2O4S/c1-15(2,21-14(16)18)8-11-4-3-10(7-13(11)17(19)20)12-5-6-22-9-12/h3-7,9H,8H2,1-2H3,(H2,16,18). The summed E-state index contributed by atoms with van der Waals surface area (Å²) in [5.74, 6) is 0. The van der Waals surface area contributed by atoms with E-state index in [0.717, 1.165) is 11.1 Å². The summed E-state index contributed by atoms with van der Waals surface area (Å²) in [5.41, 5.74) is 6.33. The van der Waals surface area contributed by atoms with Gasteiger partial charge in [-0.2, -0.15) is 11.3 Å². The second-order valence-electron chi connectivity index (χ2n) is 5.47. The maximum Gasteiger partial charge on any atom is 0.405 e. The van der Waals surface area contributed by atoms with Gasteiger partial charge in [0.25, 0.3) is 5.69 Å². The van der Waals surface area contributed by atoms with E-state index in [-0.39, 0.29) is 12.1 Å². The SMILES string of the molecule is CC(C)(Cc1ccc(-c2ccsc2)cc1[N+](=O)[O-])OC(N)=O. The van der Waals surface area contributed by atoms with Crippen LogP contribution >= 0.6 is 11.3 Å². The molecule has 0 saturated heterocycles. The predicted octanol–water partition coefficient (Wildman–Crippen LogP) is 3.74. The zero-order valence-corrected chi connectivity index (χ0v) is 13.1. The van der Waals surface area contributed by atoms with Crippen molar-refractivity contribution in [3.8, 4) is 11.1 Å². The third kappa shape index (κ3) is 3.82. The number of amides is 1. The second kappa shape index (κ2) is 6.15. The van der Waals surface area contributed by atoms with Crippen LogP contribution in [0.25, 0.3) is 11.1 Å². The first kappa shape index (κ1) is 16.0. The molecule has 1 aromatic carbocycles. The highest BCUT2D eigenvalue weighted by Gasteiger charge is 2.27. The normalized spacial score (nSPS) is 11.2. The molecule has 0 fully saturated rings. The van der Waals surface area contributed by atoms with Gasteiger partial charge in [0.15, 0.2) is 0 Å². The minimum absolute atomic E-state index is 0.00449. The van der Waals surface area contributed by atoms with Crippen molar-refractivity contribution in [2.24, 2.45) is 5.73 Å². The summed E-state index contributed by atoms with van der Waals surface area (Å²) in [7, 11) is 0. The van der Waals surface area contributed by atoms with Gasteiger partial charge in [0, 0.05) is 18.1 Å². The molecule has 116 valence electrons. The Balaban J connectivity index is 2.36. The zero-order chi connectivity index (χ0) is 16.3. The van der Waals surface area contributed by atoms with Crippen LogP contribution in [0.1, 0.15) is 19.4 Å². The van der Waals surface area contributed by atoms with Crippen molar-refractivity contribution in [2.75, 3.05) is 0 Å². The number of benzene rings is 1. The third-order valence-electron chi connectivity index (χ3n) is 3.13. The summed E-state index contributed by atoms with van der Waals surface area (Å²) in [6.07, 6.45) is -0.696. The number of carbonyl (C=O) groups is 1. The van der Waals surface area contributed by atoms with Gasteiger partial charge in [-0.15, -0.1) is 0 Å². The van der Waals surface area contributed by atoms with Gasteiger partial charge in [0.2, 0.25) is 0 Å². The van der Waals surface area contributed by atoms with Crippen molar-refractivity contribution >= 4 is 23.1 Å². The number of ether oxygens (including phenoxy) is 1. The van der Waals surface area contributed by atoms with Gasteiger partial charge >= 0.3 is 6.09 Å². The van der Waals surface area contributed by atoms with Gasteiger partial charge in [-0.3, -0.25) is 10.1 Å². The van der Waals surface area contributed by atoms with Gasteiger partial charge in [-0.25, -0.2) is 4.79 Å². The van der Waals surface area contributed by atoms with Gasteiger partial charge < -0.3 is 10.5 Å². The molecule has 6 nitrogen and oxygen atoms in total. The minimum atomic E-state index is -0.916. The number of rotatable bonds is 5. The molecular formula is C15H16N2O4S. The van der Waals surface area contributed by atoms with E-state index in [1.807, 2.05) is 22.9 Å². The molecule has 2 rings (SSSR count). The third-order valence-corrected chi connectivity index (χ3v) is 3.81. The van der Waals surface area contributed by atoms with Crippen molar-refractivity contribution in [2.45, 2.75) is 25.9 Å². The first-order valence-electron chi connectivity index (χ1n) is 6.57. The summed E-state index contributed by atoms with van der Waals surface area (Å²) >= 11 is 1.53. The molecule has 0 unspecified atom stereocenters. The summed E-state index contributed by atoms with van der Waals surface area (Å²) in [5, 5.41) is 15.2. The van der Waals surface area contributed by atoms with Crippen LogP contribution < -0.4 is 5.73 Å². The lowest BCUT2D eigenvalue weighted by Gasteiger charge is -2.23. The first-order chi connectivity index (χ1) is 10.3. The van der Waals surface area contributed by atoms with Crippen LogP contribution in [0.4, 0.5) is 10.5 Å². The number of nitrogens with zero attached hydrogens (tertiary/aromatic N) is 1. The van der Waals surface area contributed by atoms with E-state index in [9.17, 15) is 14.9 Å². The van der Waals surface area contributed by atoms with E-state index in [2.05, 4.69) is 0 Å². The van der Waals surface area contributed by atoms with Gasteiger partial charge in [-0.1, -0.05) is 12.1 Å². The highest BCUT2D eigenvalue weighted by molar-refractivity contribution is 7.08. The van der Waals surface area contributed by atoms with Crippen molar-refractivity contribution in [1.29, 1.82) is 0 Å². The predicted molar refractivity (Wildman–Crippen MR) is 84.9 cm³/mol. The topological polar surface area (TPSA) is 95.5 Å². The smallest absolute Gasteiger partial charge is 0.405 e. The molecule has 0 atom stereocenters. The van der Waals surface area contributed by atoms with E-state index in [1.54, 1.807) is 19.9 Å². The van der Waals surface area contributed by atoms with Crippen LogP contribution in [0.2, 0.25) is 0 Å². The largest absolute Gasteiger partial charge is 0.443 e. The molecule has 2 N–H and O–H groups in total. The Kier molecular flexibility index (Phi) is 4.46. The Hall–Kier alpha value is -2.41. The summed E-state index contributed by atoms with van der Waals surface area (Å²) in [4.78, 5) is 21.8. The molecule has 7 heteroatoms. The molecule has 0 spiro atoms. The molecule has 1 heterocycles. The highest BCUT2D eigenvalue weighted by atomic mass is 32.1. The van der Waals surface area contributed by atoms with Crippen molar-refractivity contribution in [3.63, 3.8) is 0 Å². The Morgan fingerprint density at radius 2 is 2.09 bits per heavy atom. The molecular weight excluding hydrogens is 304 g/mol. The second-order valence-corrected chi connectivity index (χ2v) is 6.25. The van der Waals surface area contributed by atoms with E-state index >= 15 is 0 Å². The number of primary amides is 1. The van der Waals surface area contributed by atoms with Gasteiger partial charge in [0.05, 0.1) is 4.92 Å². The average Bonchev–Trinajstić information content (AvgIpc) is 2.90. The molecule has 22 heavy (non-hydrogen) atoms. The van der Waals surface area contributed by atoms with Crippen LogP contribution in [0.3, 0.4) is 0 Å². The van der Waals surface area contributed by atoms with E-state index in [1.165, 1.54) is 17.4 Å². The van der Waals surface area contributed by atoms with Gasteiger partial charge in [0.1, 0.15) is 5.60 Å². The molecule has 0 aliphatic heterocycles. The lowest BCUT2D eigenvalue weighted by molar-refractivity contribution is -0.385. The number of hydrogen-bond acceptors (Lipinski definition) is 5. The van der Waals surface area contributed by atoms with Crippen molar-refractivity contribution in [1.82, 2.24) is 0 Å². The summed E-state index contributed by atoms with van der Waals surface area (Å²) in [6.45, 7) is 3.32. The summed E-state index contributed by atoms with van der Waals surface area (Å²) < 4.78 is 5.00. The van der Waals surface area contributed by atoms with E-state index < -0.39 is 16.6 Å². The van der Waals surface area contributed by atoms with Gasteiger partial charge in [-0.05, 0) is 41.8 Å². The summed E-state index contributed by atoms with van der Waals surface area (Å²) in [6, 6.07) is 6.96. The molecule has 1 amide bonds. The average molecular weight is 320 g/mol. The fourth-order valence-corrected chi connectivity index (χ4v) is 2.92. The molecule has 1 aromatic heterocycles. The van der Waals surface area contributed by atoms with E-state index in [4.69, 9.17) is 10.5 Å². The quantitative estimate of drug-likeness (QED) is 0.670. The fraction of sp³-hybridized carbons (Fsp3) is 0.267. The Bertz CT molecular complexity index is 696. The van der Waals surface area contributed by atoms with E-state index in [0.29, 0.717) is 5.56 Å². The Morgan fingerprint density at radius 1 is 1.36 bits per heavy atom. The molecule has 0 aliphatic rings. The molecule has 0 radical (unpaired) electrons. The van der Waals surface area contributed by atoms with Crippen molar-refractivity contribution in [3.05, 3.63) is 50.7 Å². The number of thiophene rings is 1. The fourth-order valence-electron chi connectivity index (χ4n) is 2.26. The maximum absolute atomic E-state index is 11.3. The molecule has 0 bridgehead atoms. The highest BCUT2D eigenvalue weighted by Crippen LogP contribution is 2.31. The Labute approximate surface area is 131 Å². The number of carbonyl (C=O) groups excluding carboxylic acids is 1. The number of nitro benzene ring substituents is 1.